The predicted octanol–water partition coefficient (Wildman–Crippen LogP) is 6.18. The standard InChI is InChI=1S/C42H47N3O10/c1-25-8-10-34-32(14-25)42(50)44-41(43-34)26-9-11-36(31(15-26)23-48)53-12-6-4-5-7-13-54-40-38(51-2)18-27(19-39(40)52-3)35-20-37(55-45-35)28-16-29(21-46)33(24-49)30(17-28)22-47/h8-11,14-20,41,43,46-49H,4-7,12-13,21-24H2,1-3H3,(H,44,50). The molecule has 0 fully saturated rings. The zero-order valence-electron chi connectivity index (χ0n) is 31.2. The number of aliphatic hydroxyl groups excluding tert-OH is 4. The number of benzene rings is 4. The summed E-state index contributed by atoms with van der Waals surface area (Å²) in [5, 5.41) is 50.0. The minimum atomic E-state index is -0.420. The van der Waals surface area contributed by atoms with Crippen LogP contribution in [0, 0.1) is 6.92 Å². The summed E-state index contributed by atoms with van der Waals surface area (Å²) in [7, 11) is 3.10. The molecule has 0 bridgehead atoms. The number of unbranched alkanes of at least 4 members (excludes halogenated alkanes) is 3. The van der Waals surface area contributed by atoms with Crippen molar-refractivity contribution in [3.8, 4) is 45.6 Å². The Morgan fingerprint density at radius 1 is 0.691 bits per heavy atom. The van der Waals surface area contributed by atoms with E-state index in [1.165, 1.54) is 0 Å². The van der Waals surface area contributed by atoms with Gasteiger partial charge in [0.2, 0.25) is 5.75 Å². The number of nitrogens with one attached hydrogen (secondary N) is 2. The van der Waals surface area contributed by atoms with E-state index in [9.17, 15) is 25.2 Å². The number of rotatable bonds is 18. The highest BCUT2D eigenvalue weighted by atomic mass is 16.5. The Balaban J connectivity index is 0.992. The van der Waals surface area contributed by atoms with Crippen LogP contribution in [0.2, 0.25) is 0 Å². The SMILES string of the molecule is COc1cc(-c2cc(-c3cc(CO)c(CO)c(CO)c3)on2)cc(OC)c1OCCCCCCOc1ccc(C2NC(=O)c3cc(C)ccc3N2)cc1CO. The first-order valence-electron chi connectivity index (χ1n) is 18.2. The summed E-state index contributed by atoms with van der Waals surface area (Å²) in [4.78, 5) is 12.7. The van der Waals surface area contributed by atoms with Gasteiger partial charge in [0.15, 0.2) is 17.3 Å². The third-order valence-corrected chi connectivity index (χ3v) is 9.61. The number of hydrogen-bond acceptors (Lipinski definition) is 12. The van der Waals surface area contributed by atoms with Gasteiger partial charge in [-0.25, -0.2) is 0 Å². The Labute approximate surface area is 319 Å². The Hall–Kier alpha value is -5.60. The summed E-state index contributed by atoms with van der Waals surface area (Å²) in [6, 6.07) is 20.0. The lowest BCUT2D eigenvalue weighted by molar-refractivity contribution is 0.0935. The van der Waals surface area contributed by atoms with Gasteiger partial charge in [0.25, 0.3) is 5.91 Å². The summed E-state index contributed by atoms with van der Waals surface area (Å²) in [5.41, 5.74) is 7.12. The van der Waals surface area contributed by atoms with E-state index in [0.29, 0.717) is 86.6 Å². The first kappa shape index (κ1) is 39.1. The van der Waals surface area contributed by atoms with Gasteiger partial charge in [0, 0.05) is 28.4 Å². The first-order valence-corrected chi connectivity index (χ1v) is 18.2. The highest BCUT2D eigenvalue weighted by Crippen LogP contribution is 2.42. The van der Waals surface area contributed by atoms with Crippen LogP contribution in [0.25, 0.3) is 22.6 Å². The van der Waals surface area contributed by atoms with Gasteiger partial charge in [0.05, 0.1) is 59.4 Å². The molecule has 1 aliphatic rings. The average molecular weight is 754 g/mol. The number of carbonyl (C=O) groups excluding carboxylic acids is 1. The molecule has 4 aromatic carbocycles. The number of carbonyl (C=O) groups is 1. The van der Waals surface area contributed by atoms with Crippen LogP contribution in [-0.4, -0.2) is 58.9 Å². The number of aliphatic hydroxyl groups is 4. The fraction of sp³-hybridized carbons (Fsp3) is 0.333. The Kier molecular flexibility index (Phi) is 12.9. The van der Waals surface area contributed by atoms with E-state index in [1.807, 2.05) is 43.3 Å². The van der Waals surface area contributed by atoms with Crippen molar-refractivity contribution in [2.24, 2.45) is 0 Å². The van der Waals surface area contributed by atoms with Crippen molar-refractivity contribution >= 4 is 11.6 Å². The number of ether oxygens (including phenoxy) is 4. The molecule has 2 heterocycles. The molecule has 13 heteroatoms. The molecule has 1 atom stereocenters. The van der Waals surface area contributed by atoms with E-state index >= 15 is 0 Å². The summed E-state index contributed by atoms with van der Waals surface area (Å²) in [6.07, 6.45) is 3.01. The predicted molar refractivity (Wildman–Crippen MR) is 205 cm³/mol. The van der Waals surface area contributed by atoms with Crippen molar-refractivity contribution in [2.45, 2.75) is 65.2 Å². The van der Waals surface area contributed by atoms with Crippen LogP contribution >= 0.6 is 0 Å². The molecule has 0 radical (unpaired) electrons. The molecule has 13 nitrogen and oxygen atoms in total. The van der Waals surface area contributed by atoms with Gasteiger partial charge in [0.1, 0.15) is 17.6 Å². The molecule has 0 spiro atoms. The second-order valence-electron chi connectivity index (χ2n) is 13.3. The van der Waals surface area contributed by atoms with Gasteiger partial charge >= 0.3 is 0 Å². The second kappa shape index (κ2) is 18.2. The number of anilines is 1. The molecule has 6 N–H and O–H groups in total. The highest BCUT2D eigenvalue weighted by molar-refractivity contribution is 6.01. The van der Waals surface area contributed by atoms with Crippen LogP contribution in [0.3, 0.4) is 0 Å². The molecule has 0 saturated heterocycles. The molecule has 0 aliphatic carbocycles. The van der Waals surface area contributed by atoms with Crippen molar-refractivity contribution in [1.29, 1.82) is 0 Å². The first-order chi connectivity index (χ1) is 26.8. The number of fused-ring (bicyclic) bond motifs is 1. The number of nitrogens with zero attached hydrogens (tertiary/aromatic N) is 1. The third kappa shape index (κ3) is 8.87. The molecular weight excluding hydrogens is 706 g/mol. The van der Waals surface area contributed by atoms with Gasteiger partial charge in [-0.2, -0.15) is 0 Å². The molecule has 1 aliphatic heterocycles. The van der Waals surface area contributed by atoms with Crippen LogP contribution in [0.15, 0.2) is 71.3 Å². The monoisotopic (exact) mass is 753 g/mol. The lowest BCUT2D eigenvalue weighted by atomic mass is 9.97. The van der Waals surface area contributed by atoms with E-state index in [1.54, 1.807) is 44.6 Å². The van der Waals surface area contributed by atoms with Crippen molar-refractivity contribution in [3.05, 3.63) is 106 Å². The summed E-state index contributed by atoms with van der Waals surface area (Å²) >= 11 is 0. The van der Waals surface area contributed by atoms with Crippen LogP contribution in [0.1, 0.15) is 75.6 Å². The summed E-state index contributed by atoms with van der Waals surface area (Å²) < 4.78 is 29.1. The fourth-order valence-corrected chi connectivity index (χ4v) is 6.64. The van der Waals surface area contributed by atoms with E-state index < -0.39 is 6.17 Å². The molecule has 55 heavy (non-hydrogen) atoms. The van der Waals surface area contributed by atoms with E-state index in [0.717, 1.165) is 42.5 Å². The Morgan fingerprint density at radius 2 is 1.36 bits per heavy atom. The zero-order chi connectivity index (χ0) is 38.9. The maximum Gasteiger partial charge on any atom is 0.255 e. The lowest BCUT2D eigenvalue weighted by Gasteiger charge is -2.29. The van der Waals surface area contributed by atoms with Crippen LogP contribution in [0.4, 0.5) is 5.69 Å². The van der Waals surface area contributed by atoms with Crippen LogP contribution in [0.5, 0.6) is 23.0 Å². The molecule has 6 rings (SSSR count). The minimum Gasteiger partial charge on any atom is -0.493 e. The quantitative estimate of drug-likeness (QED) is 0.0560. The molecule has 1 aromatic heterocycles. The minimum absolute atomic E-state index is 0.144. The van der Waals surface area contributed by atoms with Crippen LogP contribution < -0.4 is 29.6 Å². The van der Waals surface area contributed by atoms with E-state index in [2.05, 4.69) is 15.8 Å². The average Bonchev–Trinajstić information content (AvgIpc) is 3.72. The fourth-order valence-electron chi connectivity index (χ4n) is 6.64. The van der Waals surface area contributed by atoms with Gasteiger partial charge < -0.3 is 54.5 Å². The van der Waals surface area contributed by atoms with Gasteiger partial charge in [-0.1, -0.05) is 22.9 Å². The van der Waals surface area contributed by atoms with E-state index in [-0.39, 0.29) is 32.3 Å². The lowest BCUT2D eigenvalue weighted by Crippen LogP contribution is -2.38. The topological polar surface area (TPSA) is 185 Å². The number of methoxy groups -OCH3 is 2. The number of aryl methyl sites for hydroxylation is 1. The summed E-state index contributed by atoms with van der Waals surface area (Å²) in [6.45, 7) is 1.78. The van der Waals surface area contributed by atoms with Crippen molar-refractivity contribution in [3.63, 3.8) is 0 Å². The molecule has 1 unspecified atom stereocenters. The zero-order valence-corrected chi connectivity index (χ0v) is 31.2. The molecule has 1 amide bonds. The number of hydrogen-bond donors (Lipinski definition) is 6. The Morgan fingerprint density at radius 3 is 2.00 bits per heavy atom. The van der Waals surface area contributed by atoms with E-state index in [4.69, 9.17) is 23.5 Å². The van der Waals surface area contributed by atoms with Crippen LogP contribution in [-0.2, 0) is 26.4 Å². The maximum absolute atomic E-state index is 12.7. The molecular formula is C42H47N3O10. The smallest absolute Gasteiger partial charge is 0.255 e. The van der Waals surface area contributed by atoms with Crippen molar-refractivity contribution < 1.29 is 48.7 Å². The van der Waals surface area contributed by atoms with Gasteiger partial charge in [-0.05, 0) is 103 Å². The number of amides is 1. The molecule has 290 valence electrons. The molecule has 5 aromatic rings. The van der Waals surface area contributed by atoms with Crippen molar-refractivity contribution in [1.82, 2.24) is 10.5 Å². The van der Waals surface area contributed by atoms with Crippen molar-refractivity contribution in [2.75, 3.05) is 32.8 Å². The van der Waals surface area contributed by atoms with Gasteiger partial charge in [-0.3, -0.25) is 4.79 Å². The summed E-state index contributed by atoms with van der Waals surface area (Å²) in [5.74, 6) is 2.30. The second-order valence-corrected chi connectivity index (χ2v) is 13.3. The normalized spacial score (nSPS) is 13.5. The highest BCUT2D eigenvalue weighted by Gasteiger charge is 2.25. The largest absolute Gasteiger partial charge is 0.493 e. The third-order valence-electron chi connectivity index (χ3n) is 9.61. The Bertz CT molecular complexity index is 2060. The molecule has 0 saturated carbocycles. The maximum atomic E-state index is 12.7. The van der Waals surface area contributed by atoms with Gasteiger partial charge in [-0.15, -0.1) is 0 Å². The number of aromatic nitrogens is 1.